The molecule has 1 aromatic rings. The Labute approximate surface area is 118 Å². The summed E-state index contributed by atoms with van der Waals surface area (Å²) in [7, 11) is 3.29. The molecule has 5 heteroatoms. The molecule has 0 spiro atoms. The third kappa shape index (κ3) is 2.76. The summed E-state index contributed by atoms with van der Waals surface area (Å²) in [5.74, 6) is -1.15. The van der Waals surface area contributed by atoms with Gasteiger partial charge in [0.05, 0.1) is 18.9 Å². The first kappa shape index (κ1) is 14.4. The van der Waals surface area contributed by atoms with Gasteiger partial charge in [-0.25, -0.2) is 0 Å². The van der Waals surface area contributed by atoms with E-state index in [0.29, 0.717) is 19.4 Å². The van der Waals surface area contributed by atoms with E-state index in [1.165, 1.54) is 0 Å². The lowest BCUT2D eigenvalue weighted by molar-refractivity contribution is -0.156. The van der Waals surface area contributed by atoms with Crippen molar-refractivity contribution in [2.45, 2.75) is 19.4 Å². The number of carboxylic acids is 1. The molecule has 1 aromatic carbocycles. The lowest BCUT2D eigenvalue weighted by Gasteiger charge is -2.35. The highest BCUT2D eigenvalue weighted by molar-refractivity contribution is 5.86. The van der Waals surface area contributed by atoms with Gasteiger partial charge in [0.15, 0.2) is 0 Å². The number of rotatable bonds is 5. The van der Waals surface area contributed by atoms with Crippen molar-refractivity contribution in [2.75, 3.05) is 14.2 Å². The minimum absolute atomic E-state index is 0.102. The van der Waals surface area contributed by atoms with Crippen LogP contribution in [0, 0.1) is 11.8 Å². The van der Waals surface area contributed by atoms with Gasteiger partial charge in [-0.1, -0.05) is 18.2 Å². The van der Waals surface area contributed by atoms with Crippen LogP contribution in [0.2, 0.25) is 0 Å². The lowest BCUT2D eigenvalue weighted by atomic mass is 9.73. The van der Waals surface area contributed by atoms with Crippen molar-refractivity contribution >= 4 is 11.9 Å². The summed E-state index contributed by atoms with van der Waals surface area (Å²) in [6.45, 7) is 0.422. The second kappa shape index (κ2) is 5.94. The molecule has 1 amide bonds. The second-order valence-corrected chi connectivity index (χ2v) is 5.13. The highest BCUT2D eigenvalue weighted by Crippen LogP contribution is 2.36. The smallest absolute Gasteiger partial charge is 0.307 e. The highest BCUT2D eigenvalue weighted by atomic mass is 16.5. The first-order valence-electron chi connectivity index (χ1n) is 6.64. The van der Waals surface area contributed by atoms with Crippen LogP contribution in [0.3, 0.4) is 0 Å². The average Bonchev–Trinajstić information content (AvgIpc) is 2.37. The number of aliphatic carboxylic acids is 1. The molecule has 1 fully saturated rings. The van der Waals surface area contributed by atoms with Crippen LogP contribution < -0.4 is 4.74 Å². The molecule has 0 heterocycles. The molecule has 2 atom stereocenters. The first-order chi connectivity index (χ1) is 9.54. The second-order valence-electron chi connectivity index (χ2n) is 5.13. The zero-order chi connectivity index (χ0) is 14.7. The predicted octanol–water partition coefficient (Wildman–Crippen LogP) is 1.76. The quantitative estimate of drug-likeness (QED) is 0.890. The summed E-state index contributed by atoms with van der Waals surface area (Å²) in [6, 6.07) is 7.51. The fraction of sp³-hybridized carbons (Fsp3) is 0.467. The van der Waals surface area contributed by atoms with Gasteiger partial charge in [-0.15, -0.1) is 0 Å². The zero-order valence-electron chi connectivity index (χ0n) is 11.7. The summed E-state index contributed by atoms with van der Waals surface area (Å²) in [4.78, 5) is 24.8. The number of para-hydroxylation sites is 1. The van der Waals surface area contributed by atoms with Crippen molar-refractivity contribution in [2.24, 2.45) is 11.8 Å². The first-order valence-corrected chi connectivity index (χ1v) is 6.64. The van der Waals surface area contributed by atoms with Crippen LogP contribution in [0.15, 0.2) is 24.3 Å². The maximum Gasteiger partial charge on any atom is 0.307 e. The Balaban J connectivity index is 2.03. The zero-order valence-corrected chi connectivity index (χ0v) is 11.7. The molecular weight excluding hydrogens is 258 g/mol. The number of hydrogen-bond donors (Lipinski definition) is 1. The highest BCUT2D eigenvalue weighted by Gasteiger charge is 2.42. The summed E-state index contributed by atoms with van der Waals surface area (Å²) in [5.41, 5.74) is 0.914. The SMILES string of the molecule is COc1ccccc1CN(C)C(=O)C1CCC1C(=O)O. The number of amides is 1. The van der Waals surface area contributed by atoms with E-state index in [1.54, 1.807) is 19.1 Å². The molecule has 2 unspecified atom stereocenters. The Morgan fingerprint density at radius 3 is 2.50 bits per heavy atom. The number of hydrogen-bond acceptors (Lipinski definition) is 3. The van der Waals surface area contributed by atoms with E-state index >= 15 is 0 Å². The largest absolute Gasteiger partial charge is 0.496 e. The molecule has 1 aliphatic carbocycles. The molecule has 0 aliphatic heterocycles. The van der Waals surface area contributed by atoms with Gasteiger partial charge in [0.1, 0.15) is 5.75 Å². The standard InChI is InChI=1S/C15H19NO4/c1-16(9-10-5-3-4-6-13(10)20-2)14(17)11-7-8-12(11)15(18)19/h3-6,11-12H,7-9H2,1-2H3,(H,18,19). The van der Waals surface area contributed by atoms with Gasteiger partial charge in [-0.3, -0.25) is 9.59 Å². The van der Waals surface area contributed by atoms with Gasteiger partial charge >= 0.3 is 5.97 Å². The monoisotopic (exact) mass is 277 g/mol. The molecule has 0 bridgehead atoms. The van der Waals surface area contributed by atoms with Gasteiger partial charge < -0.3 is 14.7 Å². The van der Waals surface area contributed by atoms with Crippen LogP contribution in [-0.2, 0) is 16.1 Å². The lowest BCUT2D eigenvalue weighted by Crippen LogP contribution is -2.44. The van der Waals surface area contributed by atoms with Crippen molar-refractivity contribution in [3.8, 4) is 5.75 Å². The number of benzene rings is 1. The molecule has 2 rings (SSSR count). The number of carboxylic acid groups (broad SMARTS) is 1. The minimum Gasteiger partial charge on any atom is -0.496 e. The van der Waals surface area contributed by atoms with E-state index in [-0.39, 0.29) is 11.8 Å². The molecule has 0 saturated heterocycles. The van der Waals surface area contributed by atoms with E-state index < -0.39 is 11.9 Å². The number of nitrogens with zero attached hydrogens (tertiary/aromatic N) is 1. The molecule has 1 aliphatic rings. The van der Waals surface area contributed by atoms with Gasteiger partial charge in [0.25, 0.3) is 0 Å². The van der Waals surface area contributed by atoms with E-state index in [2.05, 4.69) is 0 Å². The fourth-order valence-electron chi connectivity index (χ4n) is 2.54. The summed E-state index contributed by atoms with van der Waals surface area (Å²) in [5, 5.41) is 9.02. The van der Waals surface area contributed by atoms with Gasteiger partial charge in [-0.05, 0) is 18.9 Å². The van der Waals surface area contributed by atoms with Gasteiger partial charge in [-0.2, -0.15) is 0 Å². The van der Waals surface area contributed by atoms with Crippen LogP contribution in [-0.4, -0.2) is 36.0 Å². The third-order valence-corrected chi connectivity index (χ3v) is 3.89. The summed E-state index contributed by atoms with van der Waals surface area (Å²) in [6.07, 6.45) is 1.25. The molecule has 0 aromatic heterocycles. The maximum atomic E-state index is 12.3. The van der Waals surface area contributed by atoms with Crippen LogP contribution in [0.5, 0.6) is 5.75 Å². The van der Waals surface area contributed by atoms with E-state index in [9.17, 15) is 9.59 Å². The van der Waals surface area contributed by atoms with Crippen molar-refractivity contribution in [1.29, 1.82) is 0 Å². The van der Waals surface area contributed by atoms with Crippen LogP contribution in [0.25, 0.3) is 0 Å². The summed E-state index contributed by atoms with van der Waals surface area (Å²) >= 11 is 0. The normalized spacial score (nSPS) is 20.9. The molecule has 108 valence electrons. The fourth-order valence-corrected chi connectivity index (χ4v) is 2.54. The van der Waals surface area contributed by atoms with E-state index in [4.69, 9.17) is 9.84 Å². The van der Waals surface area contributed by atoms with Crippen molar-refractivity contribution in [1.82, 2.24) is 4.90 Å². The van der Waals surface area contributed by atoms with Crippen LogP contribution in [0.1, 0.15) is 18.4 Å². The Morgan fingerprint density at radius 2 is 1.95 bits per heavy atom. The Morgan fingerprint density at radius 1 is 1.30 bits per heavy atom. The Kier molecular flexibility index (Phi) is 4.27. The number of carbonyl (C=O) groups excluding carboxylic acids is 1. The number of carbonyl (C=O) groups is 2. The van der Waals surface area contributed by atoms with Crippen LogP contribution >= 0.6 is 0 Å². The molecule has 0 radical (unpaired) electrons. The topological polar surface area (TPSA) is 66.8 Å². The van der Waals surface area contributed by atoms with Gasteiger partial charge in [0, 0.05) is 19.2 Å². The van der Waals surface area contributed by atoms with Crippen LogP contribution in [0.4, 0.5) is 0 Å². The third-order valence-electron chi connectivity index (χ3n) is 3.89. The Hall–Kier alpha value is -2.04. The van der Waals surface area contributed by atoms with Gasteiger partial charge in [0.2, 0.25) is 5.91 Å². The minimum atomic E-state index is -0.875. The Bertz CT molecular complexity index is 514. The molecule has 20 heavy (non-hydrogen) atoms. The summed E-state index contributed by atoms with van der Waals surface area (Å²) < 4.78 is 5.25. The molecule has 5 nitrogen and oxygen atoms in total. The van der Waals surface area contributed by atoms with E-state index in [1.807, 2.05) is 24.3 Å². The molecule has 1 saturated carbocycles. The van der Waals surface area contributed by atoms with E-state index in [0.717, 1.165) is 11.3 Å². The van der Waals surface area contributed by atoms with Crippen molar-refractivity contribution in [3.05, 3.63) is 29.8 Å². The average molecular weight is 277 g/mol. The maximum absolute atomic E-state index is 12.3. The predicted molar refractivity (Wildman–Crippen MR) is 73.3 cm³/mol. The molecular formula is C15H19NO4. The number of ether oxygens (including phenoxy) is 1. The molecule has 1 N–H and O–H groups in total. The van der Waals surface area contributed by atoms with Crippen molar-refractivity contribution < 1.29 is 19.4 Å². The number of methoxy groups -OCH3 is 1. The van der Waals surface area contributed by atoms with Crippen molar-refractivity contribution in [3.63, 3.8) is 0 Å².